The van der Waals surface area contributed by atoms with Gasteiger partial charge < -0.3 is 14.5 Å². The van der Waals surface area contributed by atoms with E-state index in [0.717, 1.165) is 24.6 Å². The van der Waals surface area contributed by atoms with E-state index in [1.165, 1.54) is 11.0 Å². The van der Waals surface area contributed by atoms with Crippen molar-refractivity contribution < 1.29 is 4.74 Å². The Balaban J connectivity index is 1.68. The lowest BCUT2D eigenvalue weighted by Crippen LogP contribution is -2.37. The van der Waals surface area contributed by atoms with Crippen LogP contribution in [0.2, 0.25) is 0 Å². The minimum atomic E-state index is -0.209. The number of aliphatic imine (C=N–C) groups is 1. The van der Waals surface area contributed by atoms with Gasteiger partial charge in [0.15, 0.2) is 5.82 Å². The molecule has 2 aromatic rings. The van der Waals surface area contributed by atoms with Crippen molar-refractivity contribution in [2.75, 3.05) is 36.1 Å². The van der Waals surface area contributed by atoms with Gasteiger partial charge in [0.25, 0.3) is 5.56 Å². The zero-order chi connectivity index (χ0) is 17.2. The second-order valence-electron chi connectivity index (χ2n) is 5.63. The summed E-state index contributed by atoms with van der Waals surface area (Å²) in [6, 6.07) is 1.79. The van der Waals surface area contributed by atoms with Crippen LogP contribution >= 0.6 is 0 Å². The second kappa shape index (κ2) is 6.39. The second-order valence-corrected chi connectivity index (χ2v) is 5.63. The van der Waals surface area contributed by atoms with Crippen LogP contribution < -0.4 is 15.4 Å². The third-order valence-corrected chi connectivity index (χ3v) is 4.09. The van der Waals surface area contributed by atoms with Gasteiger partial charge in [0, 0.05) is 37.4 Å². The largest absolute Gasteiger partial charge is 0.378 e. The van der Waals surface area contributed by atoms with Crippen molar-refractivity contribution in [3.63, 3.8) is 0 Å². The Morgan fingerprint density at radius 2 is 2.04 bits per heavy atom. The van der Waals surface area contributed by atoms with Gasteiger partial charge in [0.1, 0.15) is 17.8 Å². The minimum Gasteiger partial charge on any atom is -0.378 e. The van der Waals surface area contributed by atoms with Gasteiger partial charge >= 0.3 is 0 Å². The number of rotatable bonds is 3. The van der Waals surface area contributed by atoms with E-state index in [0.29, 0.717) is 24.7 Å². The quantitative estimate of drug-likeness (QED) is 0.883. The van der Waals surface area contributed by atoms with Gasteiger partial charge in [0.05, 0.1) is 25.1 Å². The summed E-state index contributed by atoms with van der Waals surface area (Å²) in [5.74, 6) is 4.10. The first kappa shape index (κ1) is 15.4. The first-order chi connectivity index (χ1) is 12.2. The predicted octanol–water partition coefficient (Wildman–Crippen LogP) is 0.657. The maximum absolute atomic E-state index is 12.8. The number of ether oxygens (including phenoxy) is 1. The monoisotopic (exact) mass is 339 g/mol. The summed E-state index contributed by atoms with van der Waals surface area (Å²) >= 11 is 0. The van der Waals surface area contributed by atoms with Crippen LogP contribution in [0.15, 0.2) is 46.5 Å². The van der Waals surface area contributed by atoms with Crippen molar-refractivity contribution in [1.82, 2.24) is 19.7 Å². The molecular formula is C16H17N7O2. The van der Waals surface area contributed by atoms with E-state index in [9.17, 15) is 4.79 Å². The number of allylic oxidation sites excluding steroid dienone is 1. The van der Waals surface area contributed by atoms with Crippen LogP contribution in [0.3, 0.4) is 0 Å². The Morgan fingerprint density at radius 1 is 1.24 bits per heavy atom. The highest BCUT2D eigenvalue weighted by Gasteiger charge is 2.18. The molecule has 0 radical (unpaired) electrons. The number of hydrogen-bond donors (Lipinski definition) is 1. The molecule has 25 heavy (non-hydrogen) atoms. The number of hydrogen-bond acceptors (Lipinski definition) is 7. The summed E-state index contributed by atoms with van der Waals surface area (Å²) in [6.07, 6.45) is 6.41. The first-order valence-electron chi connectivity index (χ1n) is 7.95. The van der Waals surface area contributed by atoms with Crippen molar-refractivity contribution in [3.8, 4) is 5.82 Å². The summed E-state index contributed by atoms with van der Waals surface area (Å²) in [7, 11) is 0. The van der Waals surface area contributed by atoms with E-state index < -0.39 is 0 Å². The number of nitrogens with zero attached hydrogens (tertiary/aromatic N) is 6. The number of aromatic nitrogens is 4. The molecule has 1 saturated heterocycles. The van der Waals surface area contributed by atoms with Crippen molar-refractivity contribution in [2.45, 2.75) is 6.92 Å². The lowest BCUT2D eigenvalue weighted by molar-refractivity contribution is 0.122. The van der Waals surface area contributed by atoms with Crippen LogP contribution in [0.25, 0.3) is 5.82 Å². The molecule has 2 aromatic heterocycles. The van der Waals surface area contributed by atoms with E-state index in [1.54, 1.807) is 29.6 Å². The molecule has 1 N–H and O–H groups in total. The lowest BCUT2D eigenvalue weighted by atomic mass is 10.3. The zero-order valence-corrected chi connectivity index (χ0v) is 13.7. The molecule has 0 atom stereocenters. The Morgan fingerprint density at radius 3 is 2.84 bits per heavy atom. The summed E-state index contributed by atoms with van der Waals surface area (Å²) in [4.78, 5) is 29.1. The summed E-state index contributed by atoms with van der Waals surface area (Å²) < 4.78 is 6.76. The normalized spacial score (nSPS) is 17.1. The van der Waals surface area contributed by atoms with Crippen molar-refractivity contribution in [1.29, 1.82) is 0 Å². The Kier molecular flexibility index (Phi) is 3.93. The number of nitrogens with one attached hydrogen (secondary N) is 1. The number of anilines is 2. The predicted molar refractivity (Wildman–Crippen MR) is 93.3 cm³/mol. The van der Waals surface area contributed by atoms with Gasteiger partial charge in [0.2, 0.25) is 0 Å². The fourth-order valence-electron chi connectivity index (χ4n) is 2.79. The highest BCUT2D eigenvalue weighted by Crippen LogP contribution is 2.18. The molecule has 9 nitrogen and oxygen atoms in total. The minimum absolute atomic E-state index is 0.209. The third-order valence-electron chi connectivity index (χ3n) is 4.09. The standard InChI is InChI=1S/C16H17N7O2/c1-12-9-17-2-3-22(12)13-10-20-23(16(13)24)15-8-14(18-11-19-15)21-4-6-25-7-5-21/h2-3,8,10-11,20H,4-7H2,1H3. The van der Waals surface area contributed by atoms with Crippen LogP contribution in [0.5, 0.6) is 0 Å². The molecule has 0 aliphatic carbocycles. The molecule has 4 rings (SSSR count). The Hall–Kier alpha value is -3.16. The molecule has 2 aliphatic heterocycles. The molecule has 0 saturated carbocycles. The van der Waals surface area contributed by atoms with Gasteiger partial charge in [-0.15, -0.1) is 0 Å². The molecule has 0 unspecified atom stereocenters. The maximum atomic E-state index is 12.8. The molecule has 0 spiro atoms. The number of aromatic amines is 1. The molecule has 4 heterocycles. The van der Waals surface area contributed by atoms with Crippen molar-refractivity contribution in [2.24, 2.45) is 4.99 Å². The first-order valence-corrected chi connectivity index (χ1v) is 7.95. The van der Waals surface area contributed by atoms with E-state index in [2.05, 4.69) is 30.8 Å². The fraction of sp³-hybridized carbons (Fsp3) is 0.312. The maximum Gasteiger partial charge on any atom is 0.296 e. The summed E-state index contributed by atoms with van der Waals surface area (Å²) in [5.41, 5.74) is 1.00. The molecule has 0 bridgehead atoms. The van der Waals surface area contributed by atoms with Crippen molar-refractivity contribution >= 4 is 17.4 Å². The van der Waals surface area contributed by atoms with Crippen LogP contribution in [0.4, 0.5) is 11.5 Å². The molecule has 128 valence electrons. The molecule has 9 heteroatoms. The number of H-pyrrole nitrogens is 1. The fourth-order valence-corrected chi connectivity index (χ4v) is 2.79. The van der Waals surface area contributed by atoms with E-state index in [-0.39, 0.29) is 5.56 Å². The molecule has 1 fully saturated rings. The summed E-state index contributed by atoms with van der Waals surface area (Å²) in [5, 5.41) is 2.96. The average molecular weight is 339 g/mol. The highest BCUT2D eigenvalue weighted by atomic mass is 16.5. The van der Waals surface area contributed by atoms with Crippen molar-refractivity contribution in [3.05, 3.63) is 47.0 Å². The molecule has 0 amide bonds. The van der Waals surface area contributed by atoms with Crippen LogP contribution in [-0.4, -0.2) is 51.9 Å². The Labute approximate surface area is 143 Å². The van der Waals surface area contributed by atoms with Crippen LogP contribution in [-0.2, 0) is 4.74 Å². The SMILES string of the molecule is CC1=C=NC=CN1c1c[nH]n(-c2cc(N3CCOCC3)ncn2)c1=O. The van der Waals surface area contributed by atoms with E-state index >= 15 is 0 Å². The molecular weight excluding hydrogens is 322 g/mol. The zero-order valence-electron chi connectivity index (χ0n) is 13.7. The topological polar surface area (TPSA) is 91.6 Å². The van der Waals surface area contributed by atoms with Crippen LogP contribution in [0, 0.1) is 0 Å². The summed E-state index contributed by atoms with van der Waals surface area (Å²) in [6.45, 7) is 4.71. The average Bonchev–Trinajstić information content (AvgIpc) is 3.04. The lowest BCUT2D eigenvalue weighted by Gasteiger charge is -2.27. The van der Waals surface area contributed by atoms with E-state index in [4.69, 9.17) is 4.74 Å². The van der Waals surface area contributed by atoms with Gasteiger partial charge in [-0.05, 0) is 6.92 Å². The third kappa shape index (κ3) is 2.86. The number of morpholine rings is 1. The Bertz CT molecular complexity index is 930. The van der Waals surface area contributed by atoms with E-state index in [1.807, 2.05) is 6.92 Å². The molecule has 2 aliphatic rings. The molecule has 0 aromatic carbocycles. The van der Waals surface area contributed by atoms with Gasteiger partial charge in [-0.25, -0.2) is 15.0 Å². The highest BCUT2D eigenvalue weighted by molar-refractivity contribution is 5.69. The van der Waals surface area contributed by atoms with Gasteiger partial charge in [-0.2, -0.15) is 4.68 Å². The van der Waals surface area contributed by atoms with Gasteiger partial charge in [-0.3, -0.25) is 9.89 Å². The van der Waals surface area contributed by atoms with Crippen LogP contribution in [0.1, 0.15) is 6.92 Å². The van der Waals surface area contributed by atoms with Gasteiger partial charge in [-0.1, -0.05) is 0 Å². The smallest absolute Gasteiger partial charge is 0.296 e.